The van der Waals surface area contributed by atoms with Gasteiger partial charge in [-0.2, -0.15) is 0 Å². The molecule has 0 saturated carbocycles. The second kappa shape index (κ2) is 6.77. The Kier molecular flexibility index (Phi) is 5.65. The quantitative estimate of drug-likeness (QED) is 0.794. The lowest BCUT2D eigenvalue weighted by Crippen LogP contribution is -2.19. The number of imidazole rings is 1. The van der Waals surface area contributed by atoms with Crippen LogP contribution < -0.4 is 5.73 Å². The Labute approximate surface area is 104 Å². The van der Waals surface area contributed by atoms with Crippen molar-refractivity contribution in [3.63, 3.8) is 0 Å². The lowest BCUT2D eigenvalue weighted by molar-refractivity contribution is 0.0722. The molecule has 1 aromatic heterocycles. The van der Waals surface area contributed by atoms with Gasteiger partial charge in [-0.05, 0) is 26.2 Å². The van der Waals surface area contributed by atoms with Crippen LogP contribution >= 0.6 is 0 Å². The molecule has 0 fully saturated rings. The number of nitrogens with two attached hydrogens (primary N) is 1. The van der Waals surface area contributed by atoms with E-state index in [4.69, 9.17) is 10.5 Å². The molecule has 1 aromatic rings. The number of aromatic nitrogens is 2. The zero-order chi connectivity index (χ0) is 12.8. The van der Waals surface area contributed by atoms with E-state index in [1.165, 1.54) is 0 Å². The van der Waals surface area contributed by atoms with Gasteiger partial charge in [0.2, 0.25) is 0 Å². The van der Waals surface area contributed by atoms with Gasteiger partial charge in [0, 0.05) is 18.8 Å². The molecule has 17 heavy (non-hydrogen) atoms. The third kappa shape index (κ3) is 4.88. The summed E-state index contributed by atoms with van der Waals surface area (Å²) >= 11 is 0. The van der Waals surface area contributed by atoms with Gasteiger partial charge in [0.1, 0.15) is 0 Å². The first-order valence-corrected chi connectivity index (χ1v) is 6.38. The van der Waals surface area contributed by atoms with Gasteiger partial charge in [0.25, 0.3) is 0 Å². The van der Waals surface area contributed by atoms with Gasteiger partial charge in [0.05, 0.1) is 24.7 Å². The molecule has 0 saturated heterocycles. The van der Waals surface area contributed by atoms with Crippen LogP contribution in [0.15, 0.2) is 12.5 Å². The second-order valence-corrected chi connectivity index (χ2v) is 5.17. The molecule has 1 heterocycles. The van der Waals surface area contributed by atoms with Crippen LogP contribution in [0.4, 0.5) is 0 Å². The molecule has 1 unspecified atom stereocenters. The van der Waals surface area contributed by atoms with Gasteiger partial charge >= 0.3 is 0 Å². The molecule has 0 aliphatic rings. The van der Waals surface area contributed by atoms with Crippen LogP contribution in [0.1, 0.15) is 45.9 Å². The van der Waals surface area contributed by atoms with E-state index < -0.39 is 0 Å². The highest BCUT2D eigenvalue weighted by Gasteiger charge is 2.13. The number of hydrogen-bond acceptors (Lipinski definition) is 3. The average molecular weight is 239 g/mol. The highest BCUT2D eigenvalue weighted by molar-refractivity contribution is 5.04. The third-order valence-corrected chi connectivity index (χ3v) is 2.63. The lowest BCUT2D eigenvalue weighted by Gasteiger charge is -2.17. The molecule has 1 atom stereocenters. The van der Waals surface area contributed by atoms with Crippen LogP contribution in [0.2, 0.25) is 0 Å². The van der Waals surface area contributed by atoms with Crippen LogP contribution in [-0.2, 0) is 11.3 Å². The number of hydrogen-bond donors (Lipinski definition) is 1. The van der Waals surface area contributed by atoms with Crippen molar-refractivity contribution in [1.29, 1.82) is 0 Å². The minimum absolute atomic E-state index is 0.0662. The fourth-order valence-corrected chi connectivity index (χ4v) is 1.84. The fraction of sp³-hybridized carbons (Fsp3) is 0.769. The van der Waals surface area contributed by atoms with E-state index in [9.17, 15) is 0 Å². The SMILES string of the molecule is CC(C)CC(N)c1cncn1CCOC(C)C. The standard InChI is InChI=1S/C13H25N3O/c1-10(2)7-12(14)13-8-15-9-16(13)5-6-17-11(3)4/h8-12H,5-7,14H2,1-4H3. The van der Waals surface area contributed by atoms with Gasteiger partial charge in [-0.1, -0.05) is 13.8 Å². The number of rotatable bonds is 7. The Hall–Kier alpha value is -0.870. The third-order valence-electron chi connectivity index (χ3n) is 2.63. The molecule has 2 N–H and O–H groups in total. The van der Waals surface area contributed by atoms with Gasteiger partial charge < -0.3 is 15.0 Å². The van der Waals surface area contributed by atoms with Crippen molar-refractivity contribution in [2.75, 3.05) is 6.61 Å². The second-order valence-electron chi connectivity index (χ2n) is 5.17. The molecule has 1 rings (SSSR count). The molecule has 0 radical (unpaired) electrons. The van der Waals surface area contributed by atoms with Gasteiger partial charge in [0.15, 0.2) is 0 Å². The Morgan fingerprint density at radius 1 is 1.35 bits per heavy atom. The van der Waals surface area contributed by atoms with Crippen molar-refractivity contribution < 1.29 is 4.74 Å². The van der Waals surface area contributed by atoms with Crippen LogP contribution in [-0.4, -0.2) is 22.3 Å². The predicted molar refractivity (Wildman–Crippen MR) is 69.7 cm³/mol. The van der Waals surface area contributed by atoms with E-state index >= 15 is 0 Å². The van der Waals surface area contributed by atoms with Crippen molar-refractivity contribution in [2.24, 2.45) is 11.7 Å². The molecule has 0 spiro atoms. The zero-order valence-electron chi connectivity index (χ0n) is 11.4. The molecule has 0 amide bonds. The molecular weight excluding hydrogens is 214 g/mol. The minimum atomic E-state index is 0.0662. The first-order valence-electron chi connectivity index (χ1n) is 6.38. The van der Waals surface area contributed by atoms with Gasteiger partial charge in [-0.15, -0.1) is 0 Å². The van der Waals surface area contributed by atoms with Crippen molar-refractivity contribution in [2.45, 2.75) is 52.8 Å². The van der Waals surface area contributed by atoms with Gasteiger partial charge in [-0.25, -0.2) is 4.98 Å². The maximum absolute atomic E-state index is 6.17. The summed E-state index contributed by atoms with van der Waals surface area (Å²) in [4.78, 5) is 4.18. The molecule has 0 bridgehead atoms. The molecule has 0 aromatic carbocycles. The molecule has 4 nitrogen and oxygen atoms in total. The normalized spacial score (nSPS) is 13.6. The van der Waals surface area contributed by atoms with Gasteiger partial charge in [-0.3, -0.25) is 0 Å². The largest absolute Gasteiger partial charge is 0.377 e. The summed E-state index contributed by atoms with van der Waals surface area (Å²) < 4.78 is 7.63. The molecule has 4 heteroatoms. The first-order chi connectivity index (χ1) is 8.00. The predicted octanol–water partition coefficient (Wildman–Crippen LogP) is 2.35. The van der Waals surface area contributed by atoms with Crippen molar-refractivity contribution >= 4 is 0 Å². The maximum Gasteiger partial charge on any atom is 0.0949 e. The van der Waals surface area contributed by atoms with Crippen molar-refractivity contribution in [3.05, 3.63) is 18.2 Å². The molecule has 98 valence electrons. The summed E-state index contributed by atoms with van der Waals surface area (Å²) in [5, 5.41) is 0. The van der Waals surface area contributed by atoms with E-state index in [0.29, 0.717) is 12.5 Å². The smallest absolute Gasteiger partial charge is 0.0949 e. The summed E-state index contributed by atoms with van der Waals surface area (Å²) in [5.74, 6) is 0.597. The van der Waals surface area contributed by atoms with Crippen molar-refractivity contribution in [1.82, 2.24) is 9.55 Å². The summed E-state index contributed by atoms with van der Waals surface area (Å²) in [7, 11) is 0. The zero-order valence-corrected chi connectivity index (χ0v) is 11.4. The van der Waals surface area contributed by atoms with E-state index in [1.54, 1.807) is 0 Å². The monoisotopic (exact) mass is 239 g/mol. The minimum Gasteiger partial charge on any atom is -0.377 e. The molecular formula is C13H25N3O. The topological polar surface area (TPSA) is 53.1 Å². The summed E-state index contributed by atoms with van der Waals surface area (Å²) in [6.07, 6.45) is 4.95. The average Bonchev–Trinajstić information content (AvgIpc) is 2.64. The number of nitrogens with zero attached hydrogens (tertiary/aromatic N) is 2. The summed E-state index contributed by atoms with van der Waals surface area (Å²) in [6, 6.07) is 0.0662. The number of ether oxygens (including phenoxy) is 1. The highest BCUT2D eigenvalue weighted by Crippen LogP contribution is 2.18. The Morgan fingerprint density at radius 2 is 2.06 bits per heavy atom. The Balaban J connectivity index is 2.53. The van der Waals surface area contributed by atoms with E-state index in [1.807, 2.05) is 26.4 Å². The first kappa shape index (κ1) is 14.2. The Bertz CT molecular complexity index is 320. The summed E-state index contributed by atoms with van der Waals surface area (Å²) in [5.41, 5.74) is 7.27. The van der Waals surface area contributed by atoms with E-state index in [-0.39, 0.29) is 12.1 Å². The molecule has 0 aliphatic carbocycles. The maximum atomic E-state index is 6.17. The van der Waals surface area contributed by atoms with Crippen LogP contribution in [0.5, 0.6) is 0 Å². The fourth-order valence-electron chi connectivity index (χ4n) is 1.84. The lowest BCUT2D eigenvalue weighted by atomic mass is 10.0. The van der Waals surface area contributed by atoms with E-state index in [2.05, 4.69) is 23.4 Å². The van der Waals surface area contributed by atoms with E-state index in [0.717, 1.165) is 18.7 Å². The van der Waals surface area contributed by atoms with Crippen LogP contribution in [0.25, 0.3) is 0 Å². The Morgan fingerprint density at radius 3 is 2.65 bits per heavy atom. The summed E-state index contributed by atoms with van der Waals surface area (Å²) in [6.45, 7) is 9.97. The van der Waals surface area contributed by atoms with Crippen LogP contribution in [0.3, 0.4) is 0 Å². The molecule has 0 aliphatic heterocycles. The van der Waals surface area contributed by atoms with Crippen molar-refractivity contribution in [3.8, 4) is 0 Å². The highest BCUT2D eigenvalue weighted by atomic mass is 16.5. The van der Waals surface area contributed by atoms with Crippen LogP contribution in [0, 0.1) is 5.92 Å².